The highest BCUT2D eigenvalue weighted by atomic mass is 16.4. The smallest absolute Gasteiger partial charge is 0.355 e. The van der Waals surface area contributed by atoms with Gasteiger partial charge >= 0.3 is 5.97 Å². The highest BCUT2D eigenvalue weighted by molar-refractivity contribution is 6.63. The molecule has 0 aliphatic rings. The van der Waals surface area contributed by atoms with Gasteiger partial charge in [-0.1, -0.05) is 36.4 Å². The van der Waals surface area contributed by atoms with Gasteiger partial charge in [-0.15, -0.1) is 0 Å². The molecule has 6 N–H and O–H groups in total. The van der Waals surface area contributed by atoms with E-state index in [9.17, 15) is 9.90 Å². The Bertz CT molecular complexity index is 656. The number of carboxylic acids is 1. The summed E-state index contributed by atoms with van der Waals surface area (Å²) >= 11 is 0. The van der Waals surface area contributed by atoms with Crippen LogP contribution >= 0.6 is 0 Å². The van der Waals surface area contributed by atoms with Crippen molar-refractivity contribution in [3.8, 4) is 0 Å². The van der Waals surface area contributed by atoms with E-state index in [2.05, 4.69) is 0 Å². The number of carboxylic acid groups (broad SMARTS) is 1. The molecular formula is C16H19N3O3. The predicted molar refractivity (Wildman–Crippen MR) is 86.4 cm³/mol. The minimum absolute atomic E-state index is 0.0879. The van der Waals surface area contributed by atoms with Gasteiger partial charge < -0.3 is 21.4 Å². The second kappa shape index (κ2) is 7.78. The summed E-state index contributed by atoms with van der Waals surface area (Å²) in [6.07, 6.45) is 4.14. The van der Waals surface area contributed by atoms with Gasteiger partial charge in [0.15, 0.2) is 5.71 Å². The first-order valence-electron chi connectivity index (χ1n) is 6.60. The van der Waals surface area contributed by atoms with Gasteiger partial charge in [0.05, 0.1) is 5.71 Å². The molecule has 1 rings (SSSR count). The molecule has 0 heterocycles. The van der Waals surface area contributed by atoms with Crippen molar-refractivity contribution in [1.29, 1.82) is 10.8 Å². The Kier molecular flexibility index (Phi) is 6.07. The van der Waals surface area contributed by atoms with E-state index < -0.39 is 11.7 Å². The Morgan fingerprint density at radius 3 is 2.59 bits per heavy atom. The number of rotatable bonds is 7. The average Bonchev–Trinajstić information content (AvgIpc) is 2.46. The number of benzene rings is 1. The van der Waals surface area contributed by atoms with Crippen LogP contribution in [0.1, 0.15) is 24.5 Å². The van der Waals surface area contributed by atoms with E-state index >= 15 is 0 Å². The van der Waals surface area contributed by atoms with E-state index in [0.29, 0.717) is 12.1 Å². The molecular weight excluding hydrogens is 282 g/mol. The number of aliphatic hydroxyl groups excluding tert-OH is 1. The zero-order chi connectivity index (χ0) is 16.7. The molecule has 0 unspecified atom stereocenters. The fraction of sp³-hybridized carbons (Fsp3) is 0.188. The van der Waals surface area contributed by atoms with E-state index in [4.69, 9.17) is 21.7 Å². The first-order chi connectivity index (χ1) is 10.3. The van der Waals surface area contributed by atoms with Crippen molar-refractivity contribution in [2.45, 2.75) is 19.8 Å². The summed E-state index contributed by atoms with van der Waals surface area (Å²) in [5.41, 5.74) is 6.69. The molecule has 0 aliphatic carbocycles. The molecule has 0 radical (unpaired) electrons. The number of hydrogen-bond donors (Lipinski definition) is 5. The van der Waals surface area contributed by atoms with Gasteiger partial charge in [-0.3, -0.25) is 5.41 Å². The maximum atomic E-state index is 10.6. The fourth-order valence-corrected chi connectivity index (χ4v) is 1.70. The van der Waals surface area contributed by atoms with Crippen LogP contribution in [0.25, 0.3) is 6.08 Å². The molecule has 0 atom stereocenters. The lowest BCUT2D eigenvalue weighted by atomic mass is 10.0. The van der Waals surface area contributed by atoms with Crippen molar-refractivity contribution in [3.05, 3.63) is 52.9 Å². The minimum Gasteiger partial charge on any atom is -0.511 e. The molecule has 1 aromatic carbocycles. The molecule has 0 aliphatic heterocycles. The number of nitrogens with two attached hydrogens (primary N) is 1. The van der Waals surface area contributed by atoms with E-state index in [0.717, 1.165) is 11.1 Å². The molecule has 0 fully saturated rings. The van der Waals surface area contributed by atoms with Gasteiger partial charge in [-0.05, 0) is 18.1 Å². The Labute approximate surface area is 128 Å². The van der Waals surface area contributed by atoms with Crippen LogP contribution in [0.4, 0.5) is 0 Å². The average molecular weight is 301 g/mol. The Morgan fingerprint density at radius 2 is 2.00 bits per heavy atom. The van der Waals surface area contributed by atoms with Crippen molar-refractivity contribution in [3.63, 3.8) is 0 Å². The molecule has 22 heavy (non-hydrogen) atoms. The molecule has 6 nitrogen and oxygen atoms in total. The van der Waals surface area contributed by atoms with Crippen molar-refractivity contribution in [1.82, 2.24) is 0 Å². The molecule has 0 bridgehead atoms. The van der Waals surface area contributed by atoms with Crippen LogP contribution in [0.15, 0.2) is 41.8 Å². The first kappa shape index (κ1) is 17.2. The summed E-state index contributed by atoms with van der Waals surface area (Å²) in [6.45, 7) is 1.52. The topological polar surface area (TPSA) is 131 Å². The lowest BCUT2D eigenvalue weighted by Gasteiger charge is -2.04. The van der Waals surface area contributed by atoms with Gasteiger partial charge in [0.2, 0.25) is 0 Å². The van der Waals surface area contributed by atoms with E-state index in [1.54, 1.807) is 18.2 Å². The largest absolute Gasteiger partial charge is 0.511 e. The molecule has 1 aromatic rings. The zero-order valence-electron chi connectivity index (χ0n) is 12.3. The van der Waals surface area contributed by atoms with Gasteiger partial charge in [0.1, 0.15) is 5.76 Å². The Hall–Kier alpha value is -2.89. The molecule has 6 heteroatoms. The summed E-state index contributed by atoms with van der Waals surface area (Å²) in [7, 11) is 0. The summed E-state index contributed by atoms with van der Waals surface area (Å²) in [5.74, 6) is -1.30. The molecule has 0 saturated carbocycles. The number of aliphatic hydroxyl groups is 1. The monoisotopic (exact) mass is 301 g/mol. The standard InChI is InChI=1S/C16H19N3O3/c1-10(20)13(17)7-3-5-11-4-2-6-12(8-11)9-14(18)15(19)16(21)22/h2-6,8,18-20H,7,9,17H2,1H3,(H,21,22)/b5-3-,13-10-,18-14?,19-15?. The SMILES string of the molecule is C/C(O)=C(/N)C/C=C\c1cccc(CC(=N)C(=N)C(=O)O)c1. The van der Waals surface area contributed by atoms with Crippen molar-refractivity contribution < 1.29 is 15.0 Å². The number of allylic oxidation sites excluding steroid dienone is 2. The lowest BCUT2D eigenvalue weighted by Crippen LogP contribution is -2.23. The Balaban J connectivity index is 2.76. The van der Waals surface area contributed by atoms with Crippen LogP contribution in [0.3, 0.4) is 0 Å². The second-order valence-corrected chi connectivity index (χ2v) is 4.80. The van der Waals surface area contributed by atoms with E-state index in [1.165, 1.54) is 6.92 Å². The zero-order valence-corrected chi connectivity index (χ0v) is 12.3. The second-order valence-electron chi connectivity index (χ2n) is 4.80. The van der Waals surface area contributed by atoms with E-state index in [1.807, 2.05) is 18.2 Å². The predicted octanol–water partition coefficient (Wildman–Crippen LogP) is 2.50. The molecule has 116 valence electrons. The maximum absolute atomic E-state index is 10.6. The van der Waals surface area contributed by atoms with Crippen LogP contribution in [0.2, 0.25) is 0 Å². The quantitative estimate of drug-likeness (QED) is 0.391. The number of hydrogen-bond acceptors (Lipinski definition) is 5. The van der Waals surface area contributed by atoms with Gasteiger partial charge in [-0.2, -0.15) is 0 Å². The van der Waals surface area contributed by atoms with Crippen LogP contribution in [-0.2, 0) is 11.2 Å². The van der Waals surface area contributed by atoms with Crippen LogP contribution in [-0.4, -0.2) is 27.6 Å². The highest BCUT2D eigenvalue weighted by Crippen LogP contribution is 2.10. The van der Waals surface area contributed by atoms with Crippen LogP contribution in [0, 0.1) is 10.8 Å². The Morgan fingerprint density at radius 1 is 1.32 bits per heavy atom. The van der Waals surface area contributed by atoms with Gasteiger partial charge in [-0.25, -0.2) is 4.79 Å². The number of aliphatic carboxylic acids is 1. The van der Waals surface area contributed by atoms with Crippen molar-refractivity contribution in [2.75, 3.05) is 0 Å². The number of carbonyl (C=O) groups is 1. The van der Waals surface area contributed by atoms with Crippen molar-refractivity contribution >= 4 is 23.5 Å². The first-order valence-corrected chi connectivity index (χ1v) is 6.60. The van der Waals surface area contributed by atoms with Crippen LogP contribution in [0.5, 0.6) is 0 Å². The molecule has 0 saturated heterocycles. The molecule has 0 spiro atoms. The number of nitrogens with one attached hydrogen (secondary N) is 2. The van der Waals surface area contributed by atoms with Gasteiger partial charge in [0, 0.05) is 18.5 Å². The third-order valence-electron chi connectivity index (χ3n) is 2.96. The van der Waals surface area contributed by atoms with Gasteiger partial charge in [0.25, 0.3) is 0 Å². The third-order valence-corrected chi connectivity index (χ3v) is 2.96. The normalized spacial score (nSPS) is 12.0. The molecule has 0 amide bonds. The highest BCUT2D eigenvalue weighted by Gasteiger charge is 2.13. The van der Waals surface area contributed by atoms with Crippen molar-refractivity contribution in [2.24, 2.45) is 5.73 Å². The maximum Gasteiger partial charge on any atom is 0.355 e. The summed E-state index contributed by atoms with van der Waals surface area (Å²) in [6, 6.07) is 7.24. The lowest BCUT2D eigenvalue weighted by molar-refractivity contribution is -0.129. The third kappa shape index (κ3) is 5.24. The fourth-order valence-electron chi connectivity index (χ4n) is 1.70. The summed E-state index contributed by atoms with van der Waals surface area (Å²) < 4.78 is 0. The minimum atomic E-state index is -1.40. The summed E-state index contributed by atoms with van der Waals surface area (Å²) in [4.78, 5) is 10.6. The summed E-state index contributed by atoms with van der Waals surface area (Å²) in [5, 5.41) is 32.7. The molecule has 0 aromatic heterocycles. The van der Waals surface area contributed by atoms with Crippen LogP contribution < -0.4 is 5.73 Å². The van der Waals surface area contributed by atoms with E-state index in [-0.39, 0.29) is 17.9 Å².